The summed E-state index contributed by atoms with van der Waals surface area (Å²) in [6.45, 7) is 4.14. The molecular formula is C13H15NOS. The SMILES string of the molecule is CC(C)C1SC=C(c2ccccc2)NC1=O. The molecule has 3 heteroatoms. The van der Waals surface area contributed by atoms with Crippen LogP contribution in [-0.2, 0) is 4.79 Å². The highest BCUT2D eigenvalue weighted by Gasteiger charge is 2.26. The van der Waals surface area contributed by atoms with E-state index in [1.54, 1.807) is 11.8 Å². The van der Waals surface area contributed by atoms with E-state index in [9.17, 15) is 4.79 Å². The van der Waals surface area contributed by atoms with Crippen LogP contribution in [0, 0.1) is 5.92 Å². The summed E-state index contributed by atoms with van der Waals surface area (Å²) in [6, 6.07) is 9.92. The highest BCUT2D eigenvalue weighted by molar-refractivity contribution is 8.03. The van der Waals surface area contributed by atoms with Gasteiger partial charge in [0.25, 0.3) is 0 Å². The monoisotopic (exact) mass is 233 g/mol. The molecule has 0 saturated heterocycles. The molecule has 84 valence electrons. The maximum absolute atomic E-state index is 11.8. The number of benzene rings is 1. The van der Waals surface area contributed by atoms with Crippen molar-refractivity contribution in [3.63, 3.8) is 0 Å². The molecule has 1 amide bonds. The normalized spacial score (nSPS) is 20.6. The minimum atomic E-state index is 0.0347. The van der Waals surface area contributed by atoms with Gasteiger partial charge in [0, 0.05) is 0 Å². The van der Waals surface area contributed by atoms with Crippen LogP contribution in [0.25, 0.3) is 5.70 Å². The zero-order valence-electron chi connectivity index (χ0n) is 9.44. The minimum Gasteiger partial charge on any atom is -0.324 e. The van der Waals surface area contributed by atoms with Crippen molar-refractivity contribution in [2.75, 3.05) is 0 Å². The summed E-state index contributed by atoms with van der Waals surface area (Å²) >= 11 is 1.61. The second kappa shape index (κ2) is 4.74. The Morgan fingerprint density at radius 3 is 2.50 bits per heavy atom. The number of thioether (sulfide) groups is 1. The average Bonchev–Trinajstić information content (AvgIpc) is 2.29. The van der Waals surface area contributed by atoms with Crippen LogP contribution in [0.3, 0.4) is 0 Å². The summed E-state index contributed by atoms with van der Waals surface area (Å²) in [4.78, 5) is 11.8. The Bertz CT molecular complexity index is 411. The molecule has 2 nitrogen and oxygen atoms in total. The molecule has 2 rings (SSSR count). The van der Waals surface area contributed by atoms with Gasteiger partial charge in [-0.25, -0.2) is 0 Å². The van der Waals surface area contributed by atoms with Gasteiger partial charge in [0.2, 0.25) is 5.91 Å². The number of hydrogen-bond acceptors (Lipinski definition) is 2. The Kier molecular flexibility index (Phi) is 3.34. The maximum atomic E-state index is 11.8. The zero-order valence-corrected chi connectivity index (χ0v) is 10.3. The fourth-order valence-electron chi connectivity index (χ4n) is 1.65. The van der Waals surface area contributed by atoms with E-state index in [1.807, 2.05) is 35.7 Å². The Hall–Kier alpha value is -1.22. The van der Waals surface area contributed by atoms with Crippen LogP contribution in [0.1, 0.15) is 19.4 Å². The first-order chi connectivity index (χ1) is 7.68. The minimum absolute atomic E-state index is 0.0347. The van der Waals surface area contributed by atoms with Gasteiger partial charge >= 0.3 is 0 Å². The first-order valence-corrected chi connectivity index (χ1v) is 6.34. The lowest BCUT2D eigenvalue weighted by molar-refractivity contribution is -0.120. The second-order valence-electron chi connectivity index (χ2n) is 4.19. The van der Waals surface area contributed by atoms with E-state index in [0.29, 0.717) is 5.92 Å². The predicted molar refractivity (Wildman–Crippen MR) is 68.8 cm³/mol. The molecule has 0 aromatic heterocycles. The quantitative estimate of drug-likeness (QED) is 0.851. The van der Waals surface area contributed by atoms with Crippen LogP contribution in [0.2, 0.25) is 0 Å². The molecule has 0 saturated carbocycles. The van der Waals surface area contributed by atoms with E-state index in [0.717, 1.165) is 11.3 Å². The molecule has 0 spiro atoms. The summed E-state index contributed by atoms with van der Waals surface area (Å²) in [5.41, 5.74) is 1.97. The van der Waals surface area contributed by atoms with E-state index in [4.69, 9.17) is 0 Å². The molecule has 1 atom stereocenters. The van der Waals surface area contributed by atoms with Gasteiger partial charge in [0.15, 0.2) is 0 Å². The fraction of sp³-hybridized carbons (Fsp3) is 0.308. The summed E-state index contributed by atoms with van der Waals surface area (Å²) in [5, 5.41) is 5.04. The van der Waals surface area contributed by atoms with Gasteiger partial charge in [-0.3, -0.25) is 4.79 Å². The van der Waals surface area contributed by atoms with Gasteiger partial charge < -0.3 is 5.32 Å². The first-order valence-electron chi connectivity index (χ1n) is 5.40. The third kappa shape index (κ3) is 2.30. The number of rotatable bonds is 2. The summed E-state index contributed by atoms with van der Waals surface area (Å²) < 4.78 is 0. The van der Waals surface area contributed by atoms with Crippen molar-refractivity contribution in [1.29, 1.82) is 0 Å². The average molecular weight is 233 g/mol. The summed E-state index contributed by atoms with van der Waals surface area (Å²) in [6.07, 6.45) is 0. The highest BCUT2D eigenvalue weighted by atomic mass is 32.2. The lowest BCUT2D eigenvalue weighted by atomic mass is 10.1. The number of nitrogens with one attached hydrogen (secondary N) is 1. The molecule has 0 fully saturated rings. The highest BCUT2D eigenvalue weighted by Crippen LogP contribution is 2.29. The molecule has 1 aliphatic rings. The van der Waals surface area contributed by atoms with Crippen LogP contribution in [0.4, 0.5) is 0 Å². The molecular weight excluding hydrogens is 218 g/mol. The molecule has 1 N–H and O–H groups in total. The third-order valence-electron chi connectivity index (χ3n) is 2.54. The van der Waals surface area contributed by atoms with Gasteiger partial charge in [0.1, 0.15) is 0 Å². The molecule has 1 aromatic carbocycles. The van der Waals surface area contributed by atoms with Crippen molar-refractivity contribution in [1.82, 2.24) is 5.32 Å². The molecule has 1 aliphatic heterocycles. The smallest absolute Gasteiger partial charge is 0.238 e. The van der Waals surface area contributed by atoms with Gasteiger partial charge in [-0.05, 0) is 16.9 Å². The van der Waals surface area contributed by atoms with Crippen molar-refractivity contribution >= 4 is 23.4 Å². The third-order valence-corrected chi connectivity index (χ3v) is 3.96. The molecule has 16 heavy (non-hydrogen) atoms. The molecule has 1 unspecified atom stereocenters. The Morgan fingerprint density at radius 2 is 1.94 bits per heavy atom. The molecule has 0 bridgehead atoms. The lowest BCUT2D eigenvalue weighted by Gasteiger charge is -2.24. The van der Waals surface area contributed by atoms with E-state index in [2.05, 4.69) is 19.2 Å². The van der Waals surface area contributed by atoms with E-state index < -0.39 is 0 Å². The fourth-order valence-corrected chi connectivity index (χ4v) is 2.63. The van der Waals surface area contributed by atoms with Crippen LogP contribution in [-0.4, -0.2) is 11.2 Å². The van der Waals surface area contributed by atoms with E-state index in [-0.39, 0.29) is 11.2 Å². The van der Waals surface area contributed by atoms with Crippen molar-refractivity contribution < 1.29 is 4.79 Å². The van der Waals surface area contributed by atoms with Crippen LogP contribution >= 0.6 is 11.8 Å². The lowest BCUT2D eigenvalue weighted by Crippen LogP contribution is -2.37. The van der Waals surface area contributed by atoms with Crippen molar-refractivity contribution in [3.05, 3.63) is 41.3 Å². The zero-order chi connectivity index (χ0) is 11.5. The van der Waals surface area contributed by atoms with Gasteiger partial charge in [-0.2, -0.15) is 0 Å². The van der Waals surface area contributed by atoms with E-state index in [1.165, 1.54) is 0 Å². The Labute approximate surface area is 100 Å². The number of carbonyl (C=O) groups is 1. The van der Waals surface area contributed by atoms with Gasteiger partial charge in [-0.1, -0.05) is 44.2 Å². The molecule has 0 radical (unpaired) electrons. The van der Waals surface area contributed by atoms with Crippen molar-refractivity contribution in [2.45, 2.75) is 19.1 Å². The summed E-state index contributed by atoms with van der Waals surface area (Å²) in [7, 11) is 0. The Morgan fingerprint density at radius 1 is 1.25 bits per heavy atom. The first kappa shape index (κ1) is 11.3. The number of carbonyl (C=O) groups excluding carboxylic acids is 1. The second-order valence-corrected chi connectivity index (χ2v) is 5.20. The molecule has 1 heterocycles. The van der Waals surface area contributed by atoms with Gasteiger partial charge in [0.05, 0.1) is 10.9 Å². The van der Waals surface area contributed by atoms with Crippen molar-refractivity contribution in [2.24, 2.45) is 5.92 Å². The maximum Gasteiger partial charge on any atom is 0.238 e. The van der Waals surface area contributed by atoms with Crippen LogP contribution in [0.15, 0.2) is 35.7 Å². The van der Waals surface area contributed by atoms with E-state index >= 15 is 0 Å². The Balaban J connectivity index is 2.19. The van der Waals surface area contributed by atoms with Gasteiger partial charge in [-0.15, -0.1) is 11.8 Å². The summed E-state index contributed by atoms with van der Waals surface area (Å²) in [5.74, 6) is 0.472. The number of amides is 1. The molecule has 0 aliphatic carbocycles. The largest absolute Gasteiger partial charge is 0.324 e. The van der Waals surface area contributed by atoms with Crippen molar-refractivity contribution in [3.8, 4) is 0 Å². The molecule has 1 aromatic rings. The standard InChI is InChI=1S/C13H15NOS/c1-9(2)12-13(15)14-11(8-16-12)10-6-4-3-5-7-10/h3-9,12H,1-2H3,(H,14,15). The number of hydrogen-bond donors (Lipinski definition) is 1. The van der Waals surface area contributed by atoms with Crippen LogP contribution < -0.4 is 5.32 Å². The topological polar surface area (TPSA) is 29.1 Å². The van der Waals surface area contributed by atoms with Crippen LogP contribution in [0.5, 0.6) is 0 Å². The predicted octanol–water partition coefficient (Wildman–Crippen LogP) is 2.87.